The monoisotopic (exact) mass is 437 g/mol. The van der Waals surface area contributed by atoms with Crippen LogP contribution in [0.4, 0.5) is 5.69 Å². The van der Waals surface area contributed by atoms with Gasteiger partial charge in [0.15, 0.2) is 0 Å². The normalized spacial score (nSPS) is 11.8. The Morgan fingerprint density at radius 1 is 1.12 bits per heavy atom. The molecule has 134 valence electrons. The molecular weight excluding hydrogens is 414 g/mol. The maximum Gasteiger partial charge on any atom is 0.264 e. The van der Waals surface area contributed by atoms with Crippen LogP contribution in [0.5, 0.6) is 0 Å². The average Bonchev–Trinajstić information content (AvgIpc) is 2.59. The zero-order valence-electron chi connectivity index (χ0n) is 15.1. The van der Waals surface area contributed by atoms with Crippen LogP contribution in [-0.2, 0) is 16.4 Å². The molecule has 0 saturated carbocycles. The second-order valence-corrected chi connectivity index (χ2v) is 10.1. The Morgan fingerprint density at radius 3 is 2.28 bits per heavy atom. The molecule has 2 aromatic rings. The number of rotatable bonds is 7. The highest BCUT2D eigenvalue weighted by Crippen LogP contribution is 2.26. The Bertz CT molecular complexity index is 820. The predicted molar refractivity (Wildman–Crippen MR) is 111 cm³/mol. The van der Waals surface area contributed by atoms with Crippen molar-refractivity contribution < 1.29 is 8.42 Å². The zero-order chi connectivity index (χ0) is 18.6. The van der Waals surface area contributed by atoms with E-state index in [4.69, 9.17) is 0 Å². The van der Waals surface area contributed by atoms with Gasteiger partial charge in [0.25, 0.3) is 10.0 Å². The molecule has 0 bridgehead atoms. The molecule has 0 unspecified atom stereocenters. The molecule has 0 spiro atoms. The third-order valence-electron chi connectivity index (χ3n) is 3.96. The molecule has 0 aliphatic rings. The molecule has 2 rings (SSSR count). The number of aryl methyl sites for hydroxylation is 1. The van der Waals surface area contributed by atoms with E-state index in [2.05, 4.69) is 22.9 Å². The van der Waals surface area contributed by atoms with E-state index in [1.165, 1.54) is 9.87 Å². The number of anilines is 1. The van der Waals surface area contributed by atoms with Crippen molar-refractivity contribution in [1.29, 1.82) is 0 Å². The molecule has 0 heterocycles. The summed E-state index contributed by atoms with van der Waals surface area (Å²) in [5.74, 6) is 0.226. The van der Waals surface area contributed by atoms with E-state index in [1.54, 1.807) is 12.1 Å². The molecule has 2 aromatic carbocycles. The van der Waals surface area contributed by atoms with Crippen LogP contribution >= 0.6 is 15.9 Å². The lowest BCUT2D eigenvalue weighted by Crippen LogP contribution is -2.35. The molecule has 2 radical (unpaired) electrons. The number of sulfonamides is 1. The average molecular weight is 438 g/mol. The second-order valence-electron chi connectivity index (χ2n) is 6.34. The quantitative estimate of drug-likeness (QED) is 0.607. The molecule has 0 N–H and O–H groups in total. The zero-order valence-corrected chi connectivity index (χ0v) is 18.5. The third-order valence-corrected chi connectivity index (χ3v) is 7.76. The van der Waals surface area contributed by atoms with E-state index in [-0.39, 0.29) is 5.92 Å². The lowest BCUT2D eigenvalue weighted by molar-refractivity contribution is 0.578. The number of hydrogen-bond donors (Lipinski definition) is 0. The van der Waals surface area contributed by atoms with Crippen molar-refractivity contribution in [2.24, 2.45) is 5.92 Å². The Kier molecular flexibility index (Phi) is 6.88. The van der Waals surface area contributed by atoms with Gasteiger partial charge < -0.3 is 0 Å². The van der Waals surface area contributed by atoms with Crippen molar-refractivity contribution in [2.45, 2.75) is 38.6 Å². The summed E-state index contributed by atoms with van der Waals surface area (Å²) in [5.41, 5.74) is 1.91. The molecule has 0 aliphatic carbocycles. The smallest absolute Gasteiger partial charge is 0.264 e. The Labute approximate surface area is 162 Å². The first-order chi connectivity index (χ1) is 11.8. The topological polar surface area (TPSA) is 37.4 Å². The summed E-state index contributed by atoms with van der Waals surface area (Å²) in [6, 6.07) is 13.1. The van der Waals surface area contributed by atoms with Crippen LogP contribution in [0.2, 0.25) is 6.55 Å². The van der Waals surface area contributed by atoms with Gasteiger partial charge in [-0.2, -0.15) is 0 Å². The molecule has 0 atom stereocenters. The standard InChI is InChI=1S/C19H24BrNO2SSi/c1-5-15-6-8-16(9-7-15)21(13-14(2)3)24(22,23)17-10-11-18(20)19(12-17)25-4/h6-12,14H,5,13H2,1-4H3. The number of halogens is 1. The van der Waals surface area contributed by atoms with Gasteiger partial charge in [0.2, 0.25) is 0 Å². The van der Waals surface area contributed by atoms with E-state index in [9.17, 15) is 8.42 Å². The van der Waals surface area contributed by atoms with Crippen molar-refractivity contribution >= 4 is 46.3 Å². The fourth-order valence-electron chi connectivity index (χ4n) is 2.56. The summed E-state index contributed by atoms with van der Waals surface area (Å²) in [4.78, 5) is 0.347. The minimum Gasteiger partial charge on any atom is -0.266 e. The van der Waals surface area contributed by atoms with Crippen molar-refractivity contribution in [2.75, 3.05) is 10.8 Å². The van der Waals surface area contributed by atoms with Gasteiger partial charge in [-0.3, -0.25) is 4.31 Å². The minimum absolute atomic E-state index is 0.226. The predicted octanol–water partition coefficient (Wildman–Crippen LogP) is 4.24. The molecular formula is C19H24BrNO2SSi. The first-order valence-electron chi connectivity index (χ1n) is 8.38. The summed E-state index contributed by atoms with van der Waals surface area (Å²) in [6.45, 7) is 8.65. The first kappa shape index (κ1) is 20.2. The van der Waals surface area contributed by atoms with Crippen molar-refractivity contribution in [3.05, 3.63) is 52.5 Å². The fourth-order valence-corrected chi connectivity index (χ4v) is 5.78. The van der Waals surface area contributed by atoms with Gasteiger partial charge in [-0.1, -0.05) is 55.4 Å². The van der Waals surface area contributed by atoms with Gasteiger partial charge in [-0.05, 0) is 53.4 Å². The second kappa shape index (κ2) is 8.51. The van der Waals surface area contributed by atoms with Gasteiger partial charge in [0.05, 0.1) is 20.1 Å². The van der Waals surface area contributed by atoms with Crippen LogP contribution in [0.3, 0.4) is 0 Å². The highest BCUT2D eigenvalue weighted by atomic mass is 79.9. The van der Waals surface area contributed by atoms with E-state index < -0.39 is 10.0 Å². The van der Waals surface area contributed by atoms with Crippen molar-refractivity contribution in [3.63, 3.8) is 0 Å². The van der Waals surface area contributed by atoms with E-state index in [1.807, 2.05) is 50.7 Å². The van der Waals surface area contributed by atoms with Gasteiger partial charge in [-0.25, -0.2) is 8.42 Å². The summed E-state index contributed by atoms with van der Waals surface area (Å²) in [6.07, 6.45) is 0.935. The largest absolute Gasteiger partial charge is 0.266 e. The van der Waals surface area contributed by atoms with Gasteiger partial charge >= 0.3 is 0 Å². The number of hydrogen-bond acceptors (Lipinski definition) is 2. The molecule has 0 fully saturated rings. The molecule has 25 heavy (non-hydrogen) atoms. The fraction of sp³-hybridized carbons (Fsp3) is 0.368. The van der Waals surface area contributed by atoms with Crippen LogP contribution in [0, 0.1) is 5.92 Å². The molecule has 0 aromatic heterocycles. The minimum atomic E-state index is -3.60. The van der Waals surface area contributed by atoms with Crippen LogP contribution in [0.15, 0.2) is 51.8 Å². The van der Waals surface area contributed by atoms with Gasteiger partial charge in [0, 0.05) is 11.0 Å². The Morgan fingerprint density at radius 2 is 1.76 bits per heavy atom. The Balaban J connectivity index is 2.51. The van der Waals surface area contributed by atoms with Crippen LogP contribution in [-0.4, -0.2) is 24.5 Å². The molecule has 3 nitrogen and oxygen atoms in total. The molecule has 6 heteroatoms. The third kappa shape index (κ3) is 4.74. The van der Waals surface area contributed by atoms with Gasteiger partial charge in [-0.15, -0.1) is 0 Å². The van der Waals surface area contributed by atoms with Crippen LogP contribution in [0.1, 0.15) is 26.3 Å². The van der Waals surface area contributed by atoms with Crippen molar-refractivity contribution in [1.82, 2.24) is 0 Å². The lowest BCUT2D eigenvalue weighted by Gasteiger charge is -2.26. The molecule has 0 aliphatic heterocycles. The number of benzene rings is 2. The first-order valence-corrected chi connectivity index (χ1v) is 12.1. The van der Waals surface area contributed by atoms with Crippen LogP contribution < -0.4 is 9.49 Å². The Hall–Kier alpha value is -1.11. The lowest BCUT2D eigenvalue weighted by atomic mass is 10.1. The summed E-state index contributed by atoms with van der Waals surface area (Å²) in [5, 5.41) is 1.02. The molecule has 0 saturated heterocycles. The van der Waals surface area contributed by atoms with E-state index in [0.29, 0.717) is 26.6 Å². The summed E-state index contributed by atoms with van der Waals surface area (Å²) >= 11 is 3.49. The van der Waals surface area contributed by atoms with E-state index >= 15 is 0 Å². The summed E-state index contributed by atoms with van der Waals surface area (Å²) < 4.78 is 29.1. The van der Waals surface area contributed by atoms with Crippen LogP contribution in [0.25, 0.3) is 0 Å². The number of nitrogens with zero attached hydrogens (tertiary/aromatic N) is 1. The van der Waals surface area contributed by atoms with Crippen molar-refractivity contribution in [3.8, 4) is 0 Å². The highest BCUT2D eigenvalue weighted by Gasteiger charge is 2.26. The van der Waals surface area contributed by atoms with Gasteiger partial charge in [0.1, 0.15) is 0 Å². The maximum absolute atomic E-state index is 13.3. The summed E-state index contributed by atoms with van der Waals surface area (Å²) in [7, 11) is -3.07. The molecule has 0 amide bonds. The highest BCUT2D eigenvalue weighted by molar-refractivity contribution is 9.10. The SMILES string of the molecule is CCc1ccc(N(CC(C)C)S(=O)(=O)c2ccc(Br)c([Si]C)c2)cc1. The maximum atomic E-state index is 13.3. The van der Waals surface area contributed by atoms with E-state index in [0.717, 1.165) is 16.1 Å².